The first-order chi connectivity index (χ1) is 11.2. The quantitative estimate of drug-likeness (QED) is 0.908. The van der Waals surface area contributed by atoms with E-state index in [1.165, 1.54) is 0 Å². The topological polar surface area (TPSA) is 67.6 Å². The highest BCUT2D eigenvalue weighted by Crippen LogP contribution is 2.17. The van der Waals surface area contributed by atoms with Crippen LogP contribution in [0.15, 0.2) is 10.6 Å². The van der Waals surface area contributed by atoms with E-state index in [1.54, 1.807) is 0 Å². The van der Waals surface area contributed by atoms with Crippen molar-refractivity contribution in [3.05, 3.63) is 17.5 Å². The molecule has 1 aromatic heterocycles. The van der Waals surface area contributed by atoms with Gasteiger partial charge in [-0.05, 0) is 46.0 Å². The van der Waals surface area contributed by atoms with Gasteiger partial charge in [0, 0.05) is 25.2 Å². The Labute approximate surface area is 144 Å². The molecular formula is C18H31N3O3. The molecule has 0 radical (unpaired) electrons. The fourth-order valence-electron chi connectivity index (χ4n) is 2.74. The van der Waals surface area contributed by atoms with Gasteiger partial charge in [0.05, 0.1) is 12.2 Å². The van der Waals surface area contributed by atoms with Gasteiger partial charge in [-0.3, -0.25) is 0 Å². The Morgan fingerprint density at radius 3 is 2.79 bits per heavy atom. The number of rotatable bonds is 4. The smallest absolute Gasteiger partial charge is 0.410 e. The van der Waals surface area contributed by atoms with Crippen LogP contribution in [0.4, 0.5) is 4.79 Å². The molecule has 1 aliphatic heterocycles. The lowest BCUT2D eigenvalue weighted by Gasteiger charge is -2.26. The second-order valence-electron chi connectivity index (χ2n) is 7.85. The molecule has 1 fully saturated rings. The molecule has 2 heterocycles. The van der Waals surface area contributed by atoms with Crippen molar-refractivity contribution in [2.75, 3.05) is 13.1 Å². The number of hydrogen-bond acceptors (Lipinski definition) is 5. The van der Waals surface area contributed by atoms with Crippen LogP contribution in [0.3, 0.4) is 0 Å². The Kier molecular flexibility index (Phi) is 6.27. The van der Waals surface area contributed by atoms with E-state index in [9.17, 15) is 4.79 Å². The molecule has 0 bridgehead atoms. The molecule has 1 aliphatic rings. The van der Waals surface area contributed by atoms with E-state index < -0.39 is 5.60 Å². The SMILES string of the molecule is CC(C)c1cc(CN[C@H]2CCCN(C(=O)OC(C)(C)C)CC2)on1. The van der Waals surface area contributed by atoms with Gasteiger partial charge in [0.15, 0.2) is 5.76 Å². The van der Waals surface area contributed by atoms with E-state index >= 15 is 0 Å². The van der Waals surface area contributed by atoms with Gasteiger partial charge in [-0.2, -0.15) is 0 Å². The number of carbonyl (C=O) groups excluding carboxylic acids is 1. The van der Waals surface area contributed by atoms with Crippen LogP contribution in [-0.2, 0) is 11.3 Å². The number of carbonyl (C=O) groups is 1. The van der Waals surface area contributed by atoms with Crippen molar-refractivity contribution in [2.24, 2.45) is 0 Å². The molecule has 1 N–H and O–H groups in total. The highest BCUT2D eigenvalue weighted by molar-refractivity contribution is 5.68. The summed E-state index contributed by atoms with van der Waals surface area (Å²) in [5.74, 6) is 1.25. The summed E-state index contributed by atoms with van der Waals surface area (Å²) in [6.45, 7) is 12.1. The summed E-state index contributed by atoms with van der Waals surface area (Å²) in [7, 11) is 0. The van der Waals surface area contributed by atoms with E-state index in [0.717, 1.165) is 43.8 Å². The molecule has 6 nitrogen and oxygen atoms in total. The molecular weight excluding hydrogens is 306 g/mol. The first-order valence-electron chi connectivity index (χ1n) is 8.91. The third-order valence-corrected chi connectivity index (χ3v) is 4.11. The molecule has 0 aromatic carbocycles. The molecule has 24 heavy (non-hydrogen) atoms. The summed E-state index contributed by atoms with van der Waals surface area (Å²) in [5, 5.41) is 7.61. The van der Waals surface area contributed by atoms with Crippen molar-refractivity contribution >= 4 is 6.09 Å². The van der Waals surface area contributed by atoms with Crippen LogP contribution in [0.1, 0.15) is 71.3 Å². The van der Waals surface area contributed by atoms with Crippen molar-refractivity contribution < 1.29 is 14.1 Å². The fourth-order valence-corrected chi connectivity index (χ4v) is 2.74. The van der Waals surface area contributed by atoms with Crippen molar-refractivity contribution in [1.29, 1.82) is 0 Å². The van der Waals surface area contributed by atoms with Crippen molar-refractivity contribution in [3.63, 3.8) is 0 Å². The minimum absolute atomic E-state index is 0.208. The monoisotopic (exact) mass is 337 g/mol. The number of amides is 1. The lowest BCUT2D eigenvalue weighted by Crippen LogP contribution is -2.38. The summed E-state index contributed by atoms with van der Waals surface area (Å²) in [6.07, 6.45) is 2.74. The standard InChI is InChI=1S/C18H31N3O3/c1-13(2)16-11-15(24-20-16)12-19-14-7-6-9-21(10-8-14)17(22)23-18(3,4)5/h11,13-14,19H,6-10,12H2,1-5H3/t14-/m0/s1. The van der Waals surface area contributed by atoms with E-state index in [-0.39, 0.29) is 6.09 Å². The molecule has 136 valence electrons. The van der Waals surface area contributed by atoms with Crippen LogP contribution in [0, 0.1) is 0 Å². The van der Waals surface area contributed by atoms with Gasteiger partial charge in [-0.25, -0.2) is 4.79 Å². The maximum Gasteiger partial charge on any atom is 0.410 e. The average molecular weight is 337 g/mol. The summed E-state index contributed by atoms with van der Waals surface area (Å²) in [6, 6.07) is 2.39. The lowest BCUT2D eigenvalue weighted by atomic mass is 10.1. The van der Waals surface area contributed by atoms with Gasteiger partial charge in [-0.1, -0.05) is 19.0 Å². The molecule has 0 spiro atoms. The highest BCUT2D eigenvalue weighted by Gasteiger charge is 2.25. The molecule has 2 rings (SSSR count). The Morgan fingerprint density at radius 2 is 2.17 bits per heavy atom. The lowest BCUT2D eigenvalue weighted by molar-refractivity contribution is 0.0256. The minimum Gasteiger partial charge on any atom is -0.444 e. The summed E-state index contributed by atoms with van der Waals surface area (Å²) < 4.78 is 10.8. The number of aromatic nitrogens is 1. The predicted molar refractivity (Wildman–Crippen MR) is 92.9 cm³/mol. The molecule has 0 unspecified atom stereocenters. The maximum atomic E-state index is 12.2. The molecule has 1 atom stereocenters. The molecule has 1 amide bonds. The third kappa shape index (κ3) is 5.82. The molecule has 0 aliphatic carbocycles. The number of ether oxygens (including phenoxy) is 1. The van der Waals surface area contributed by atoms with E-state index in [0.29, 0.717) is 18.5 Å². The number of hydrogen-bond donors (Lipinski definition) is 1. The van der Waals surface area contributed by atoms with Gasteiger partial charge in [0.2, 0.25) is 0 Å². The van der Waals surface area contributed by atoms with Gasteiger partial charge in [0.25, 0.3) is 0 Å². The fraction of sp³-hybridized carbons (Fsp3) is 0.778. The van der Waals surface area contributed by atoms with E-state index in [4.69, 9.17) is 9.26 Å². The zero-order valence-electron chi connectivity index (χ0n) is 15.6. The van der Waals surface area contributed by atoms with Gasteiger partial charge in [0.1, 0.15) is 5.60 Å². The minimum atomic E-state index is -0.443. The van der Waals surface area contributed by atoms with Crippen LogP contribution in [0.25, 0.3) is 0 Å². The van der Waals surface area contributed by atoms with Crippen LogP contribution in [0.5, 0.6) is 0 Å². The number of nitrogens with one attached hydrogen (secondary N) is 1. The molecule has 1 aromatic rings. The Balaban J connectivity index is 1.79. The number of nitrogens with zero attached hydrogens (tertiary/aromatic N) is 2. The Morgan fingerprint density at radius 1 is 1.42 bits per heavy atom. The van der Waals surface area contributed by atoms with Gasteiger partial charge in [-0.15, -0.1) is 0 Å². The van der Waals surface area contributed by atoms with Gasteiger partial charge < -0.3 is 19.5 Å². The summed E-state index contributed by atoms with van der Waals surface area (Å²) >= 11 is 0. The van der Waals surface area contributed by atoms with Crippen molar-refractivity contribution in [1.82, 2.24) is 15.4 Å². The average Bonchev–Trinajstić information content (AvgIpc) is 2.82. The maximum absolute atomic E-state index is 12.2. The third-order valence-electron chi connectivity index (χ3n) is 4.11. The molecule has 1 saturated heterocycles. The predicted octanol–water partition coefficient (Wildman–Crippen LogP) is 3.68. The largest absolute Gasteiger partial charge is 0.444 e. The second-order valence-corrected chi connectivity index (χ2v) is 7.85. The van der Waals surface area contributed by atoms with Crippen molar-refractivity contribution in [2.45, 2.75) is 78.0 Å². The highest BCUT2D eigenvalue weighted by atomic mass is 16.6. The molecule has 0 saturated carbocycles. The first kappa shape index (κ1) is 18.8. The van der Waals surface area contributed by atoms with Crippen LogP contribution >= 0.6 is 0 Å². The molecule has 6 heteroatoms. The zero-order valence-corrected chi connectivity index (χ0v) is 15.6. The second kappa shape index (κ2) is 8.01. The van der Waals surface area contributed by atoms with Crippen LogP contribution < -0.4 is 5.32 Å². The van der Waals surface area contributed by atoms with Gasteiger partial charge >= 0.3 is 6.09 Å². The zero-order chi connectivity index (χ0) is 17.7. The number of likely N-dealkylation sites (tertiary alicyclic amines) is 1. The normalized spacial score (nSPS) is 19.4. The van der Waals surface area contributed by atoms with E-state index in [1.807, 2.05) is 31.7 Å². The first-order valence-corrected chi connectivity index (χ1v) is 8.91. The van der Waals surface area contributed by atoms with E-state index in [2.05, 4.69) is 24.3 Å². The van der Waals surface area contributed by atoms with Crippen LogP contribution in [0.2, 0.25) is 0 Å². The summed E-state index contributed by atoms with van der Waals surface area (Å²) in [4.78, 5) is 14.0. The Bertz CT molecular complexity index is 534. The van der Waals surface area contributed by atoms with Crippen molar-refractivity contribution in [3.8, 4) is 0 Å². The Hall–Kier alpha value is -1.56. The summed E-state index contributed by atoms with van der Waals surface area (Å²) in [5.41, 5.74) is 0.547. The van der Waals surface area contributed by atoms with Crippen LogP contribution in [-0.4, -0.2) is 40.9 Å².